The molecule has 6 heteroatoms. The van der Waals surface area contributed by atoms with Crippen LogP contribution >= 0.6 is 0 Å². The van der Waals surface area contributed by atoms with E-state index >= 15 is 0 Å². The Morgan fingerprint density at radius 1 is 0.778 bits per heavy atom. The van der Waals surface area contributed by atoms with Crippen molar-refractivity contribution in [2.45, 2.75) is 27.7 Å². The average molecular weight is 284 g/mol. The quantitative estimate of drug-likeness (QED) is 0.552. The van der Waals surface area contributed by atoms with Gasteiger partial charge in [-0.1, -0.05) is 22.5 Å². The summed E-state index contributed by atoms with van der Waals surface area (Å²) < 4.78 is 0. The van der Waals surface area contributed by atoms with Gasteiger partial charge >= 0.3 is 11.9 Å². The number of allylic oxidation sites excluding steroid dienone is 2. The highest BCUT2D eigenvalue weighted by atomic mass is 28.2. The lowest BCUT2D eigenvalue weighted by molar-refractivity contribution is -0.134. The van der Waals surface area contributed by atoms with Crippen LogP contribution in [0.15, 0.2) is 32.9 Å². The van der Waals surface area contributed by atoms with Gasteiger partial charge in [-0.25, -0.2) is 9.59 Å². The number of carbonyl (C=O) groups is 2. The normalized spacial score (nSPS) is 12.7. The molecular weight excluding hydrogens is 264 g/mol. The first-order chi connectivity index (χ1) is 8.25. The smallest absolute Gasteiger partial charge is 0.327 e. The molecule has 0 aromatic rings. The van der Waals surface area contributed by atoms with Crippen LogP contribution in [0.4, 0.5) is 0 Å². The lowest BCUT2D eigenvalue weighted by Crippen LogP contribution is -2.19. The van der Waals surface area contributed by atoms with Gasteiger partial charge in [0.2, 0.25) is 0 Å². The number of hydrogen-bond donors (Lipinski definition) is 2. The van der Waals surface area contributed by atoms with E-state index in [4.69, 9.17) is 10.2 Å². The Morgan fingerprint density at radius 3 is 1.22 bits per heavy atom. The number of rotatable bonds is 6. The van der Waals surface area contributed by atoms with Crippen molar-refractivity contribution < 1.29 is 19.8 Å². The molecule has 0 aliphatic heterocycles. The molecule has 0 fully saturated rings. The molecule has 0 radical (unpaired) electrons. The molecule has 100 valence electrons. The Kier molecular flexibility index (Phi) is 7.22. The van der Waals surface area contributed by atoms with Gasteiger partial charge in [-0.2, -0.15) is 0 Å². The first kappa shape index (κ1) is 16.6. The molecule has 0 heterocycles. The number of aliphatic carboxylic acids is 2. The van der Waals surface area contributed by atoms with Gasteiger partial charge in [-0.3, -0.25) is 0 Å². The molecule has 0 aliphatic rings. The maximum absolute atomic E-state index is 11.2. The molecule has 2 N–H and O–H groups in total. The Hall–Kier alpha value is -1.41. The van der Waals surface area contributed by atoms with Crippen molar-refractivity contribution in [3.8, 4) is 0 Å². The predicted molar refractivity (Wildman–Crippen MR) is 78.2 cm³/mol. The molecule has 0 spiro atoms. The monoisotopic (exact) mass is 284 g/mol. The number of hydrogen-bond acceptors (Lipinski definition) is 2. The second-order valence-corrected chi connectivity index (χ2v) is 7.59. The molecule has 4 nitrogen and oxygen atoms in total. The second-order valence-electron chi connectivity index (χ2n) is 4.54. The summed E-state index contributed by atoms with van der Waals surface area (Å²) in [6, 6.07) is 0. The van der Waals surface area contributed by atoms with E-state index in [1.54, 1.807) is 0 Å². The fraction of sp³-hybridized carbons (Fsp3) is 0.333. The van der Waals surface area contributed by atoms with E-state index < -0.39 is 31.0 Å². The second kappa shape index (κ2) is 7.83. The van der Waals surface area contributed by atoms with E-state index in [-0.39, 0.29) is 10.4 Å². The van der Waals surface area contributed by atoms with Gasteiger partial charge in [0, 0.05) is 10.4 Å². The Labute approximate surface area is 112 Å². The lowest BCUT2D eigenvalue weighted by atomic mass is 10.4. The van der Waals surface area contributed by atoms with Gasteiger partial charge in [-0.15, -0.1) is 0 Å². The molecule has 0 unspecified atom stereocenters. The van der Waals surface area contributed by atoms with Crippen LogP contribution in [0.3, 0.4) is 0 Å². The largest absolute Gasteiger partial charge is 0.478 e. The highest BCUT2D eigenvalue weighted by molar-refractivity contribution is 6.67. The van der Waals surface area contributed by atoms with E-state index in [2.05, 4.69) is 0 Å². The molecule has 18 heavy (non-hydrogen) atoms. The minimum absolute atomic E-state index is 0.146. The van der Waals surface area contributed by atoms with Gasteiger partial charge in [0.25, 0.3) is 0 Å². The van der Waals surface area contributed by atoms with Crippen molar-refractivity contribution in [1.29, 1.82) is 0 Å². The summed E-state index contributed by atoms with van der Waals surface area (Å²) in [6.45, 7) is 7.56. The SMILES string of the molecule is CC(C)=C[SiH2]C(C(=O)O)=C([SiH2]C=C(C)C)C(=O)O. The highest BCUT2D eigenvalue weighted by Crippen LogP contribution is 2.06. The molecule has 0 bridgehead atoms. The Balaban J connectivity index is 5.43. The molecular formula is C12H20O4Si2. The topological polar surface area (TPSA) is 74.6 Å². The summed E-state index contributed by atoms with van der Waals surface area (Å²) in [5.41, 5.74) is 5.83. The molecule has 0 rings (SSSR count). The van der Waals surface area contributed by atoms with E-state index in [0.717, 1.165) is 11.1 Å². The molecule has 0 saturated carbocycles. The van der Waals surface area contributed by atoms with E-state index in [1.165, 1.54) is 0 Å². The van der Waals surface area contributed by atoms with E-state index in [0.29, 0.717) is 0 Å². The zero-order valence-corrected chi connectivity index (χ0v) is 14.1. The van der Waals surface area contributed by atoms with E-state index in [1.807, 2.05) is 39.1 Å². The molecule has 0 amide bonds. The van der Waals surface area contributed by atoms with Crippen molar-refractivity contribution in [1.82, 2.24) is 0 Å². The summed E-state index contributed by atoms with van der Waals surface area (Å²) in [7, 11) is -2.32. The van der Waals surface area contributed by atoms with Crippen LogP contribution in [0.1, 0.15) is 27.7 Å². The van der Waals surface area contributed by atoms with Gasteiger partial charge in [-0.05, 0) is 27.7 Å². The summed E-state index contributed by atoms with van der Waals surface area (Å²) >= 11 is 0. The van der Waals surface area contributed by atoms with Crippen LogP contribution in [0.2, 0.25) is 0 Å². The zero-order chi connectivity index (χ0) is 14.3. The number of carboxylic acid groups (broad SMARTS) is 2. The average Bonchev–Trinajstić information content (AvgIpc) is 2.20. The van der Waals surface area contributed by atoms with Crippen LogP contribution in [0.25, 0.3) is 0 Å². The van der Waals surface area contributed by atoms with Gasteiger partial charge in [0.05, 0.1) is 19.0 Å². The van der Waals surface area contributed by atoms with Crippen molar-refractivity contribution in [2.75, 3.05) is 0 Å². The summed E-state index contributed by atoms with van der Waals surface area (Å²) in [6.07, 6.45) is 0. The fourth-order valence-corrected chi connectivity index (χ4v) is 4.53. The summed E-state index contributed by atoms with van der Waals surface area (Å²) in [5.74, 6) is -2.16. The summed E-state index contributed by atoms with van der Waals surface area (Å²) in [5, 5.41) is 18.6. The van der Waals surface area contributed by atoms with Gasteiger partial charge < -0.3 is 10.2 Å². The first-order valence-corrected chi connectivity index (χ1v) is 8.75. The van der Waals surface area contributed by atoms with Crippen molar-refractivity contribution in [2.24, 2.45) is 0 Å². The van der Waals surface area contributed by atoms with Crippen LogP contribution in [0, 0.1) is 0 Å². The van der Waals surface area contributed by atoms with E-state index in [9.17, 15) is 9.59 Å². The third kappa shape index (κ3) is 6.36. The van der Waals surface area contributed by atoms with Crippen molar-refractivity contribution in [3.05, 3.63) is 32.9 Å². The highest BCUT2D eigenvalue weighted by Gasteiger charge is 2.18. The van der Waals surface area contributed by atoms with Crippen LogP contribution in [-0.4, -0.2) is 41.2 Å². The zero-order valence-electron chi connectivity index (χ0n) is 11.3. The maximum Gasteiger partial charge on any atom is 0.327 e. The molecule has 0 aromatic carbocycles. The fourth-order valence-electron chi connectivity index (χ4n) is 1.29. The Bertz CT molecular complexity index is 385. The first-order valence-electron chi connectivity index (χ1n) is 5.71. The minimum Gasteiger partial charge on any atom is -0.478 e. The third-order valence-electron chi connectivity index (χ3n) is 2.31. The molecule has 0 aliphatic carbocycles. The van der Waals surface area contributed by atoms with Crippen molar-refractivity contribution >= 4 is 31.0 Å². The predicted octanol–water partition coefficient (Wildman–Crippen LogP) is 0.552. The lowest BCUT2D eigenvalue weighted by Gasteiger charge is -2.05. The molecule has 0 atom stereocenters. The molecule has 0 saturated heterocycles. The minimum atomic E-state index is -1.16. The standard InChI is InChI=1S/C12H20O4Si2/c1-7(2)5-17-9(11(13)14)10(12(15)16)18-6-8(3)4/h5-6H,17-18H2,1-4H3,(H,13,14)(H,15,16). The molecule has 0 aromatic heterocycles. The Morgan fingerprint density at radius 2 is 1.06 bits per heavy atom. The van der Waals surface area contributed by atoms with Crippen LogP contribution in [-0.2, 0) is 9.59 Å². The van der Waals surface area contributed by atoms with Crippen molar-refractivity contribution in [3.63, 3.8) is 0 Å². The number of carboxylic acids is 2. The summed E-state index contributed by atoms with van der Waals surface area (Å²) in [4.78, 5) is 22.4. The van der Waals surface area contributed by atoms with Crippen LogP contribution < -0.4 is 0 Å². The van der Waals surface area contributed by atoms with Gasteiger partial charge in [0.1, 0.15) is 0 Å². The third-order valence-corrected chi connectivity index (χ3v) is 7.13. The van der Waals surface area contributed by atoms with Gasteiger partial charge in [0.15, 0.2) is 0 Å². The van der Waals surface area contributed by atoms with Crippen LogP contribution in [0.5, 0.6) is 0 Å². The maximum atomic E-state index is 11.2.